The molecule has 0 atom stereocenters. The summed E-state index contributed by atoms with van der Waals surface area (Å²) in [6.07, 6.45) is 3.55. The van der Waals surface area contributed by atoms with Crippen LogP contribution in [0.25, 0.3) is 0 Å². The molecule has 0 aliphatic heterocycles. The van der Waals surface area contributed by atoms with E-state index in [4.69, 9.17) is 4.74 Å². The van der Waals surface area contributed by atoms with E-state index in [-0.39, 0.29) is 0 Å². The third kappa shape index (κ3) is 2.59. The number of aromatic nitrogens is 2. The van der Waals surface area contributed by atoms with E-state index in [1.54, 1.807) is 10.9 Å². The SMILES string of the molecule is CNCCOc1cnn(C)c1. The Morgan fingerprint density at radius 3 is 3.09 bits per heavy atom. The molecule has 4 heteroatoms. The van der Waals surface area contributed by atoms with Crippen LogP contribution in [-0.2, 0) is 7.05 Å². The van der Waals surface area contributed by atoms with Crippen molar-refractivity contribution in [3.05, 3.63) is 12.4 Å². The summed E-state index contributed by atoms with van der Waals surface area (Å²) < 4.78 is 7.04. The molecule has 1 aromatic rings. The lowest BCUT2D eigenvalue weighted by Crippen LogP contribution is -2.15. The van der Waals surface area contributed by atoms with Gasteiger partial charge in [0, 0.05) is 13.6 Å². The standard InChI is InChI=1S/C7H13N3O/c1-8-3-4-11-7-5-9-10(2)6-7/h5-6,8H,3-4H2,1-2H3. The summed E-state index contributed by atoms with van der Waals surface area (Å²) in [6, 6.07) is 0. The third-order valence-electron chi connectivity index (χ3n) is 1.30. The molecule has 0 aliphatic carbocycles. The van der Waals surface area contributed by atoms with Gasteiger partial charge in [-0.05, 0) is 7.05 Å². The maximum atomic E-state index is 5.32. The number of likely N-dealkylation sites (N-methyl/N-ethyl adjacent to an activating group) is 1. The smallest absolute Gasteiger partial charge is 0.157 e. The van der Waals surface area contributed by atoms with E-state index in [1.165, 1.54) is 0 Å². The molecule has 0 saturated heterocycles. The first-order chi connectivity index (χ1) is 5.33. The Bertz CT molecular complexity index is 209. The zero-order valence-electron chi connectivity index (χ0n) is 6.87. The second-order valence-corrected chi connectivity index (χ2v) is 2.30. The van der Waals surface area contributed by atoms with Gasteiger partial charge in [-0.3, -0.25) is 4.68 Å². The van der Waals surface area contributed by atoms with E-state index in [2.05, 4.69) is 10.4 Å². The molecule has 1 rings (SSSR count). The van der Waals surface area contributed by atoms with Crippen LogP contribution in [0.5, 0.6) is 5.75 Å². The van der Waals surface area contributed by atoms with Crippen LogP contribution in [0.3, 0.4) is 0 Å². The Balaban J connectivity index is 2.27. The normalized spacial score (nSPS) is 10.0. The highest BCUT2D eigenvalue weighted by molar-refractivity contribution is 5.11. The first kappa shape index (κ1) is 8.07. The number of aryl methyl sites for hydroxylation is 1. The Hall–Kier alpha value is -1.03. The first-order valence-corrected chi connectivity index (χ1v) is 3.59. The fraction of sp³-hybridized carbons (Fsp3) is 0.571. The lowest BCUT2D eigenvalue weighted by Gasteiger charge is -2.00. The molecular formula is C7H13N3O. The quantitative estimate of drug-likeness (QED) is 0.623. The molecule has 0 saturated carbocycles. The van der Waals surface area contributed by atoms with E-state index < -0.39 is 0 Å². The van der Waals surface area contributed by atoms with Crippen molar-refractivity contribution in [3.8, 4) is 5.75 Å². The molecular weight excluding hydrogens is 142 g/mol. The maximum absolute atomic E-state index is 5.32. The summed E-state index contributed by atoms with van der Waals surface area (Å²) in [7, 11) is 3.76. The second-order valence-electron chi connectivity index (χ2n) is 2.30. The zero-order valence-corrected chi connectivity index (χ0v) is 6.87. The van der Waals surface area contributed by atoms with Gasteiger partial charge in [0.2, 0.25) is 0 Å². The summed E-state index contributed by atoms with van der Waals surface area (Å²) in [5, 5.41) is 6.96. The van der Waals surface area contributed by atoms with Crippen LogP contribution in [-0.4, -0.2) is 30.0 Å². The van der Waals surface area contributed by atoms with E-state index >= 15 is 0 Å². The Kier molecular flexibility index (Phi) is 2.92. The maximum Gasteiger partial charge on any atom is 0.157 e. The predicted octanol–water partition coefficient (Wildman–Crippen LogP) is 0.0183. The fourth-order valence-electron chi connectivity index (χ4n) is 0.744. The molecule has 1 heterocycles. The molecule has 0 fully saturated rings. The van der Waals surface area contributed by atoms with Crippen molar-refractivity contribution < 1.29 is 4.74 Å². The number of ether oxygens (including phenoxy) is 1. The van der Waals surface area contributed by atoms with Gasteiger partial charge in [-0.25, -0.2) is 0 Å². The van der Waals surface area contributed by atoms with Crippen LogP contribution in [0.2, 0.25) is 0 Å². The van der Waals surface area contributed by atoms with Gasteiger partial charge in [-0.1, -0.05) is 0 Å². The van der Waals surface area contributed by atoms with Gasteiger partial charge >= 0.3 is 0 Å². The highest BCUT2D eigenvalue weighted by Crippen LogP contribution is 2.05. The minimum absolute atomic E-state index is 0.683. The van der Waals surface area contributed by atoms with E-state index in [9.17, 15) is 0 Å². The molecule has 0 unspecified atom stereocenters. The number of nitrogens with zero attached hydrogens (tertiary/aromatic N) is 2. The molecule has 0 aromatic carbocycles. The number of hydrogen-bond donors (Lipinski definition) is 1. The molecule has 1 N–H and O–H groups in total. The van der Waals surface area contributed by atoms with Gasteiger partial charge in [-0.15, -0.1) is 0 Å². The lowest BCUT2D eigenvalue weighted by atomic mass is 10.6. The van der Waals surface area contributed by atoms with E-state index in [1.807, 2.05) is 20.3 Å². The van der Waals surface area contributed by atoms with Crippen molar-refractivity contribution in [2.75, 3.05) is 20.2 Å². The Labute approximate surface area is 66.2 Å². The van der Waals surface area contributed by atoms with Crippen molar-refractivity contribution in [1.82, 2.24) is 15.1 Å². The summed E-state index contributed by atoms with van der Waals surface area (Å²) in [5.41, 5.74) is 0. The number of hydrogen-bond acceptors (Lipinski definition) is 3. The predicted molar refractivity (Wildman–Crippen MR) is 42.6 cm³/mol. The fourth-order valence-corrected chi connectivity index (χ4v) is 0.744. The van der Waals surface area contributed by atoms with Gasteiger partial charge in [0.25, 0.3) is 0 Å². The molecule has 0 radical (unpaired) electrons. The van der Waals surface area contributed by atoms with Crippen LogP contribution in [0.4, 0.5) is 0 Å². The topological polar surface area (TPSA) is 39.1 Å². The molecule has 1 aromatic heterocycles. The van der Waals surface area contributed by atoms with Crippen LogP contribution in [0.15, 0.2) is 12.4 Å². The second kappa shape index (κ2) is 3.98. The minimum Gasteiger partial charge on any atom is -0.489 e. The molecule has 4 nitrogen and oxygen atoms in total. The highest BCUT2D eigenvalue weighted by Gasteiger charge is 1.93. The number of nitrogens with one attached hydrogen (secondary N) is 1. The van der Waals surface area contributed by atoms with Gasteiger partial charge in [0.05, 0.1) is 12.4 Å². The summed E-state index contributed by atoms with van der Waals surface area (Å²) >= 11 is 0. The molecule has 0 aliphatic rings. The van der Waals surface area contributed by atoms with Crippen LogP contribution in [0.1, 0.15) is 0 Å². The Morgan fingerprint density at radius 1 is 1.73 bits per heavy atom. The summed E-state index contributed by atoms with van der Waals surface area (Å²) in [4.78, 5) is 0. The van der Waals surface area contributed by atoms with E-state index in [0.29, 0.717) is 6.61 Å². The van der Waals surface area contributed by atoms with Crippen molar-refractivity contribution >= 4 is 0 Å². The average molecular weight is 155 g/mol. The van der Waals surface area contributed by atoms with Crippen molar-refractivity contribution in [2.24, 2.45) is 7.05 Å². The Morgan fingerprint density at radius 2 is 2.55 bits per heavy atom. The molecule has 0 amide bonds. The molecule has 0 bridgehead atoms. The molecule has 62 valence electrons. The summed E-state index contributed by atoms with van der Waals surface area (Å²) in [6.45, 7) is 1.54. The van der Waals surface area contributed by atoms with Crippen LogP contribution < -0.4 is 10.1 Å². The monoisotopic (exact) mass is 155 g/mol. The average Bonchev–Trinajstić information content (AvgIpc) is 2.37. The number of rotatable bonds is 4. The van der Waals surface area contributed by atoms with Crippen molar-refractivity contribution in [3.63, 3.8) is 0 Å². The largest absolute Gasteiger partial charge is 0.489 e. The summed E-state index contributed by atoms with van der Waals surface area (Å²) in [5.74, 6) is 0.822. The van der Waals surface area contributed by atoms with Gasteiger partial charge < -0.3 is 10.1 Å². The van der Waals surface area contributed by atoms with Crippen LogP contribution in [0, 0.1) is 0 Å². The van der Waals surface area contributed by atoms with Crippen molar-refractivity contribution in [2.45, 2.75) is 0 Å². The van der Waals surface area contributed by atoms with Gasteiger partial charge in [-0.2, -0.15) is 5.10 Å². The van der Waals surface area contributed by atoms with Crippen molar-refractivity contribution in [1.29, 1.82) is 0 Å². The molecule has 11 heavy (non-hydrogen) atoms. The first-order valence-electron chi connectivity index (χ1n) is 3.59. The zero-order chi connectivity index (χ0) is 8.10. The van der Waals surface area contributed by atoms with Gasteiger partial charge in [0.15, 0.2) is 5.75 Å². The third-order valence-corrected chi connectivity index (χ3v) is 1.30. The minimum atomic E-state index is 0.683. The van der Waals surface area contributed by atoms with E-state index in [0.717, 1.165) is 12.3 Å². The molecule has 0 spiro atoms. The van der Waals surface area contributed by atoms with Gasteiger partial charge in [0.1, 0.15) is 6.61 Å². The lowest BCUT2D eigenvalue weighted by molar-refractivity contribution is 0.318. The van der Waals surface area contributed by atoms with Crippen LogP contribution >= 0.6 is 0 Å². The highest BCUT2D eigenvalue weighted by atomic mass is 16.5.